The first-order chi connectivity index (χ1) is 13.4. The number of β-amino-alcohol motifs (C(OH)–C–C–N with tert-alkyl or cyclic N) is 1. The van der Waals surface area contributed by atoms with Gasteiger partial charge in [-0.2, -0.15) is 0 Å². The van der Waals surface area contributed by atoms with E-state index in [4.69, 9.17) is 4.74 Å². The molecule has 1 saturated heterocycles. The van der Waals surface area contributed by atoms with Gasteiger partial charge in [0.05, 0.1) is 18.8 Å². The van der Waals surface area contributed by atoms with Gasteiger partial charge in [0.15, 0.2) is 0 Å². The molecule has 150 valence electrons. The van der Waals surface area contributed by atoms with E-state index >= 15 is 0 Å². The van der Waals surface area contributed by atoms with E-state index in [0.29, 0.717) is 24.8 Å². The fourth-order valence-corrected chi connectivity index (χ4v) is 5.02. The van der Waals surface area contributed by atoms with E-state index in [2.05, 4.69) is 4.90 Å². The van der Waals surface area contributed by atoms with Crippen molar-refractivity contribution >= 4 is 0 Å². The molecule has 5 heteroatoms. The molecule has 0 aromatic heterocycles. The highest BCUT2D eigenvalue weighted by molar-refractivity contribution is 5.29. The lowest BCUT2D eigenvalue weighted by Gasteiger charge is -2.27. The van der Waals surface area contributed by atoms with Gasteiger partial charge in [-0.25, -0.2) is 0 Å². The van der Waals surface area contributed by atoms with E-state index in [1.54, 1.807) is 31.4 Å². The first-order valence-corrected chi connectivity index (χ1v) is 9.99. The number of phenols is 1. The highest BCUT2D eigenvalue weighted by Gasteiger charge is 2.48. The molecule has 3 unspecified atom stereocenters. The number of fused-ring (bicyclic) bond motifs is 1. The molecule has 2 aromatic rings. The van der Waals surface area contributed by atoms with Gasteiger partial charge in [-0.1, -0.05) is 24.3 Å². The second-order valence-corrected chi connectivity index (χ2v) is 8.50. The molecular weight excluding hydrogens is 354 g/mol. The summed E-state index contributed by atoms with van der Waals surface area (Å²) in [6.45, 7) is 2.43. The molecular formula is C23H29NO4. The normalized spacial score (nSPS) is 28.2. The van der Waals surface area contributed by atoms with Crippen molar-refractivity contribution in [3.05, 3.63) is 59.7 Å². The van der Waals surface area contributed by atoms with Gasteiger partial charge in [0.1, 0.15) is 11.5 Å². The summed E-state index contributed by atoms with van der Waals surface area (Å²) < 4.78 is 5.21. The van der Waals surface area contributed by atoms with Crippen LogP contribution >= 0.6 is 0 Å². The van der Waals surface area contributed by atoms with Gasteiger partial charge in [-0.3, -0.25) is 4.90 Å². The minimum atomic E-state index is -0.633. The molecule has 2 aromatic carbocycles. The molecule has 3 N–H and O–H groups in total. The van der Waals surface area contributed by atoms with Crippen molar-refractivity contribution in [3.8, 4) is 11.5 Å². The Hall–Kier alpha value is -2.08. The van der Waals surface area contributed by atoms with Crippen molar-refractivity contribution in [3.63, 3.8) is 0 Å². The third kappa shape index (κ3) is 4.17. The Morgan fingerprint density at radius 1 is 1.04 bits per heavy atom. The maximum Gasteiger partial charge on any atom is 0.118 e. The molecule has 28 heavy (non-hydrogen) atoms. The molecule has 0 amide bonds. The average Bonchev–Trinajstić information content (AvgIpc) is 3.16. The van der Waals surface area contributed by atoms with Crippen LogP contribution in [0, 0.1) is 11.8 Å². The molecule has 0 bridgehead atoms. The second-order valence-electron chi connectivity index (χ2n) is 8.50. The SMILES string of the molecule is COc1ccc(CC2(O)CC3CN(CC(O)c4ccc(O)cc4)CC3C2)cc1. The number of aliphatic hydroxyl groups excluding tert-OH is 1. The zero-order valence-corrected chi connectivity index (χ0v) is 16.3. The number of hydrogen-bond acceptors (Lipinski definition) is 5. The number of phenolic OH excluding ortho intramolecular Hbond substituents is 1. The van der Waals surface area contributed by atoms with Crippen LogP contribution in [-0.4, -0.2) is 52.6 Å². The fraction of sp³-hybridized carbons (Fsp3) is 0.478. The largest absolute Gasteiger partial charge is 0.508 e. The Morgan fingerprint density at radius 3 is 2.21 bits per heavy atom. The maximum atomic E-state index is 11.1. The monoisotopic (exact) mass is 383 g/mol. The lowest BCUT2D eigenvalue weighted by atomic mass is 9.91. The summed E-state index contributed by atoms with van der Waals surface area (Å²) in [6, 6.07) is 14.7. The third-order valence-corrected chi connectivity index (χ3v) is 6.34. The smallest absolute Gasteiger partial charge is 0.118 e. The zero-order chi connectivity index (χ0) is 19.7. The number of aromatic hydroxyl groups is 1. The van der Waals surface area contributed by atoms with Crippen molar-refractivity contribution in [2.24, 2.45) is 11.8 Å². The Kier molecular flexibility index (Phi) is 5.32. The van der Waals surface area contributed by atoms with Crippen LogP contribution in [-0.2, 0) is 6.42 Å². The van der Waals surface area contributed by atoms with E-state index in [0.717, 1.165) is 42.8 Å². The molecule has 4 rings (SSSR count). The van der Waals surface area contributed by atoms with Crippen molar-refractivity contribution in [1.29, 1.82) is 0 Å². The third-order valence-electron chi connectivity index (χ3n) is 6.34. The molecule has 5 nitrogen and oxygen atoms in total. The molecule has 0 radical (unpaired) electrons. The van der Waals surface area contributed by atoms with Crippen LogP contribution in [0.1, 0.15) is 30.1 Å². The van der Waals surface area contributed by atoms with Crippen LogP contribution in [0.2, 0.25) is 0 Å². The standard InChI is InChI=1S/C23H29NO4/c1-28-21-8-2-16(3-9-21)10-23(27)11-18-13-24(14-19(18)12-23)15-22(26)17-4-6-20(25)7-5-17/h2-9,18-19,22,25-27H,10-15H2,1H3. The summed E-state index contributed by atoms with van der Waals surface area (Å²) in [5.41, 5.74) is 1.33. The quantitative estimate of drug-likeness (QED) is 0.715. The van der Waals surface area contributed by atoms with Crippen molar-refractivity contribution < 1.29 is 20.1 Å². The summed E-state index contributed by atoms with van der Waals surface area (Å²) in [5, 5.41) is 31.0. The van der Waals surface area contributed by atoms with Gasteiger partial charge in [0.25, 0.3) is 0 Å². The maximum absolute atomic E-state index is 11.1. The lowest BCUT2D eigenvalue weighted by molar-refractivity contribution is 0.0328. The number of likely N-dealkylation sites (tertiary alicyclic amines) is 1. The van der Waals surface area contributed by atoms with Crippen molar-refractivity contribution in [2.75, 3.05) is 26.7 Å². The molecule has 1 saturated carbocycles. The predicted molar refractivity (Wildman–Crippen MR) is 107 cm³/mol. The number of nitrogens with zero attached hydrogens (tertiary/aromatic N) is 1. The van der Waals surface area contributed by atoms with Crippen LogP contribution in [0.5, 0.6) is 11.5 Å². The summed E-state index contributed by atoms with van der Waals surface area (Å²) in [4.78, 5) is 2.31. The number of benzene rings is 2. The summed E-state index contributed by atoms with van der Waals surface area (Å²) in [5.74, 6) is 2.01. The minimum absolute atomic E-state index is 0.211. The minimum Gasteiger partial charge on any atom is -0.508 e. The van der Waals surface area contributed by atoms with Crippen LogP contribution in [0.25, 0.3) is 0 Å². The van der Waals surface area contributed by atoms with E-state index in [9.17, 15) is 15.3 Å². The Balaban J connectivity index is 1.31. The Bertz CT molecular complexity index is 775. The summed E-state index contributed by atoms with van der Waals surface area (Å²) in [6.07, 6.45) is 1.75. The van der Waals surface area contributed by atoms with Gasteiger partial charge in [0.2, 0.25) is 0 Å². The fourth-order valence-electron chi connectivity index (χ4n) is 5.02. The summed E-state index contributed by atoms with van der Waals surface area (Å²) in [7, 11) is 1.66. The van der Waals surface area contributed by atoms with E-state index in [1.165, 1.54) is 0 Å². The highest BCUT2D eigenvalue weighted by Crippen LogP contribution is 2.45. The molecule has 1 aliphatic carbocycles. The number of methoxy groups -OCH3 is 1. The van der Waals surface area contributed by atoms with Crippen LogP contribution in [0.4, 0.5) is 0 Å². The number of aliphatic hydroxyl groups is 2. The summed E-state index contributed by atoms with van der Waals surface area (Å²) >= 11 is 0. The van der Waals surface area contributed by atoms with Crippen LogP contribution in [0.15, 0.2) is 48.5 Å². The molecule has 3 atom stereocenters. The number of ether oxygens (including phenoxy) is 1. The second kappa shape index (κ2) is 7.74. The van der Waals surface area contributed by atoms with Crippen molar-refractivity contribution in [2.45, 2.75) is 31.0 Å². The number of rotatable bonds is 6. The lowest BCUT2D eigenvalue weighted by Crippen LogP contribution is -2.33. The Labute approximate surface area is 166 Å². The molecule has 0 spiro atoms. The predicted octanol–water partition coefficient (Wildman–Crippen LogP) is 2.75. The molecule has 2 aliphatic rings. The molecule has 1 heterocycles. The average molecular weight is 383 g/mol. The Morgan fingerprint density at radius 2 is 1.64 bits per heavy atom. The highest BCUT2D eigenvalue weighted by atomic mass is 16.5. The van der Waals surface area contributed by atoms with Crippen molar-refractivity contribution in [1.82, 2.24) is 4.90 Å². The van der Waals surface area contributed by atoms with E-state index in [-0.39, 0.29) is 5.75 Å². The topological polar surface area (TPSA) is 73.2 Å². The van der Waals surface area contributed by atoms with E-state index in [1.807, 2.05) is 24.3 Å². The first kappa shape index (κ1) is 19.2. The van der Waals surface area contributed by atoms with Gasteiger partial charge in [0, 0.05) is 26.1 Å². The molecule has 2 fully saturated rings. The van der Waals surface area contributed by atoms with Crippen LogP contribution in [0.3, 0.4) is 0 Å². The molecule has 1 aliphatic heterocycles. The van der Waals surface area contributed by atoms with Gasteiger partial charge >= 0.3 is 0 Å². The first-order valence-electron chi connectivity index (χ1n) is 9.99. The van der Waals surface area contributed by atoms with Gasteiger partial charge < -0.3 is 20.1 Å². The van der Waals surface area contributed by atoms with Gasteiger partial charge in [-0.05, 0) is 60.1 Å². The van der Waals surface area contributed by atoms with Crippen LogP contribution < -0.4 is 4.74 Å². The number of hydrogen-bond donors (Lipinski definition) is 3. The zero-order valence-electron chi connectivity index (χ0n) is 16.3. The van der Waals surface area contributed by atoms with E-state index < -0.39 is 11.7 Å². The van der Waals surface area contributed by atoms with Gasteiger partial charge in [-0.15, -0.1) is 0 Å².